The number of para-hydroxylation sites is 2. The van der Waals surface area contributed by atoms with E-state index < -0.39 is 5.97 Å². The molecule has 6 heteroatoms. The molecular weight excluding hydrogens is 380 g/mol. The molecule has 0 saturated carbocycles. The number of nitrogens with zero attached hydrogens (tertiary/aromatic N) is 2. The average Bonchev–Trinajstić information content (AvgIpc) is 3.29. The van der Waals surface area contributed by atoms with Gasteiger partial charge in [0.25, 0.3) is 5.91 Å². The van der Waals surface area contributed by atoms with E-state index in [0.29, 0.717) is 24.5 Å². The number of carbonyl (C=O) groups excluding carboxylic acids is 2. The van der Waals surface area contributed by atoms with Gasteiger partial charge in [-0.3, -0.25) is 4.79 Å². The zero-order valence-corrected chi connectivity index (χ0v) is 16.2. The minimum atomic E-state index is -0.624. The van der Waals surface area contributed by atoms with Gasteiger partial charge in [0.05, 0.1) is 12.3 Å². The van der Waals surface area contributed by atoms with Crippen LogP contribution in [-0.2, 0) is 9.53 Å². The minimum Gasteiger partial charge on any atom is -0.456 e. The lowest BCUT2D eigenvalue weighted by Crippen LogP contribution is -2.28. The van der Waals surface area contributed by atoms with Crippen LogP contribution >= 0.6 is 0 Å². The highest BCUT2D eigenvalue weighted by molar-refractivity contribution is 6.02. The lowest BCUT2D eigenvalue weighted by molar-refractivity contribution is -0.134. The second-order valence-electron chi connectivity index (χ2n) is 6.67. The maximum Gasteiger partial charge on any atom is 0.342 e. The van der Waals surface area contributed by atoms with Crippen LogP contribution in [-0.4, -0.2) is 35.7 Å². The standard InChI is InChI=1S/C24H20N2O4/c27-23(26-16-15-21(25-26)18-9-3-1-4-10-18)17-29-24(28)20-13-7-8-14-22(20)30-19-11-5-2-6-12-19/h1-14H,15-17H2. The molecule has 0 aliphatic carbocycles. The Morgan fingerprint density at radius 1 is 0.867 bits per heavy atom. The molecule has 4 rings (SSSR count). The van der Waals surface area contributed by atoms with Gasteiger partial charge in [0.15, 0.2) is 6.61 Å². The van der Waals surface area contributed by atoms with E-state index in [1.54, 1.807) is 36.4 Å². The fourth-order valence-electron chi connectivity index (χ4n) is 3.09. The first kappa shape index (κ1) is 19.4. The molecular formula is C24H20N2O4. The molecule has 0 bridgehead atoms. The molecule has 6 nitrogen and oxygen atoms in total. The van der Waals surface area contributed by atoms with Gasteiger partial charge in [0.2, 0.25) is 0 Å². The Kier molecular flexibility index (Phi) is 5.85. The molecule has 0 unspecified atom stereocenters. The van der Waals surface area contributed by atoms with Crippen LogP contribution in [0.3, 0.4) is 0 Å². The lowest BCUT2D eigenvalue weighted by Gasteiger charge is -2.13. The van der Waals surface area contributed by atoms with Gasteiger partial charge >= 0.3 is 5.97 Å². The van der Waals surface area contributed by atoms with E-state index >= 15 is 0 Å². The second-order valence-corrected chi connectivity index (χ2v) is 6.67. The molecule has 30 heavy (non-hydrogen) atoms. The molecule has 1 heterocycles. The highest BCUT2D eigenvalue weighted by Crippen LogP contribution is 2.25. The number of benzene rings is 3. The maximum absolute atomic E-state index is 12.6. The molecule has 1 aliphatic rings. The monoisotopic (exact) mass is 400 g/mol. The van der Waals surface area contributed by atoms with Crippen LogP contribution in [0.4, 0.5) is 0 Å². The van der Waals surface area contributed by atoms with Crippen LogP contribution in [0.15, 0.2) is 90.0 Å². The number of hydrogen-bond acceptors (Lipinski definition) is 5. The van der Waals surface area contributed by atoms with E-state index in [4.69, 9.17) is 9.47 Å². The number of amides is 1. The zero-order valence-electron chi connectivity index (χ0n) is 16.2. The summed E-state index contributed by atoms with van der Waals surface area (Å²) >= 11 is 0. The van der Waals surface area contributed by atoms with Gasteiger partial charge in [-0.05, 0) is 29.8 Å². The Morgan fingerprint density at radius 2 is 1.53 bits per heavy atom. The normalized spacial score (nSPS) is 12.9. The maximum atomic E-state index is 12.6. The number of ether oxygens (including phenoxy) is 2. The van der Waals surface area contributed by atoms with Gasteiger partial charge in [0.1, 0.15) is 17.1 Å². The number of rotatable bonds is 6. The van der Waals surface area contributed by atoms with Crippen molar-refractivity contribution in [2.75, 3.05) is 13.2 Å². The number of hydrogen-bond donors (Lipinski definition) is 0. The van der Waals surface area contributed by atoms with Crippen molar-refractivity contribution in [1.29, 1.82) is 0 Å². The van der Waals surface area contributed by atoms with Crippen LogP contribution in [0.5, 0.6) is 11.5 Å². The van der Waals surface area contributed by atoms with Crippen LogP contribution in [0.1, 0.15) is 22.3 Å². The Bertz CT molecular complexity index is 1060. The van der Waals surface area contributed by atoms with Crippen LogP contribution < -0.4 is 4.74 Å². The van der Waals surface area contributed by atoms with Crippen molar-refractivity contribution in [1.82, 2.24) is 5.01 Å². The summed E-state index contributed by atoms with van der Waals surface area (Å²) in [6.07, 6.45) is 0.664. The van der Waals surface area contributed by atoms with E-state index in [2.05, 4.69) is 5.10 Å². The molecule has 3 aromatic carbocycles. The molecule has 0 radical (unpaired) electrons. The molecule has 0 fully saturated rings. The third kappa shape index (κ3) is 4.55. The number of hydrazone groups is 1. The summed E-state index contributed by atoms with van der Waals surface area (Å²) in [5, 5.41) is 5.72. The Hall–Kier alpha value is -3.93. The lowest BCUT2D eigenvalue weighted by atomic mass is 10.1. The first-order valence-electron chi connectivity index (χ1n) is 9.63. The summed E-state index contributed by atoms with van der Waals surface area (Å²) in [4.78, 5) is 25.0. The van der Waals surface area contributed by atoms with Gasteiger partial charge in [-0.1, -0.05) is 60.7 Å². The summed E-state index contributed by atoms with van der Waals surface area (Å²) in [6, 6.07) is 25.6. The van der Waals surface area contributed by atoms with E-state index in [9.17, 15) is 9.59 Å². The molecule has 0 saturated heterocycles. The average molecular weight is 400 g/mol. The molecule has 0 spiro atoms. The summed E-state index contributed by atoms with van der Waals surface area (Å²) < 4.78 is 11.0. The van der Waals surface area contributed by atoms with Crippen molar-refractivity contribution in [3.8, 4) is 11.5 Å². The largest absolute Gasteiger partial charge is 0.456 e. The molecule has 0 aromatic heterocycles. The van der Waals surface area contributed by atoms with Gasteiger partial charge in [-0.15, -0.1) is 0 Å². The van der Waals surface area contributed by atoms with Crippen LogP contribution in [0.25, 0.3) is 0 Å². The first-order chi connectivity index (χ1) is 14.7. The summed E-state index contributed by atoms with van der Waals surface area (Å²) in [6.45, 7) is 0.0817. The minimum absolute atomic E-state index is 0.254. The highest BCUT2D eigenvalue weighted by atomic mass is 16.5. The molecule has 0 N–H and O–H groups in total. The van der Waals surface area contributed by atoms with E-state index in [-0.39, 0.29) is 18.1 Å². The molecule has 3 aromatic rings. The van der Waals surface area contributed by atoms with Crippen molar-refractivity contribution in [3.05, 3.63) is 96.1 Å². The number of carbonyl (C=O) groups is 2. The third-order valence-electron chi connectivity index (χ3n) is 4.60. The fraction of sp³-hybridized carbons (Fsp3) is 0.125. The Balaban J connectivity index is 1.38. The van der Waals surface area contributed by atoms with Crippen molar-refractivity contribution in [2.24, 2.45) is 5.10 Å². The smallest absolute Gasteiger partial charge is 0.342 e. The van der Waals surface area contributed by atoms with Gasteiger partial charge in [-0.25, -0.2) is 9.80 Å². The van der Waals surface area contributed by atoms with Crippen LogP contribution in [0, 0.1) is 0 Å². The quantitative estimate of drug-likeness (QED) is 0.580. The molecule has 1 aliphatic heterocycles. The van der Waals surface area contributed by atoms with E-state index in [1.165, 1.54) is 5.01 Å². The van der Waals surface area contributed by atoms with Gasteiger partial charge in [0, 0.05) is 6.42 Å². The third-order valence-corrected chi connectivity index (χ3v) is 4.60. The van der Waals surface area contributed by atoms with Crippen LogP contribution in [0.2, 0.25) is 0 Å². The zero-order chi connectivity index (χ0) is 20.8. The van der Waals surface area contributed by atoms with Crippen molar-refractivity contribution in [2.45, 2.75) is 6.42 Å². The van der Waals surface area contributed by atoms with Crippen molar-refractivity contribution >= 4 is 17.6 Å². The predicted molar refractivity (Wildman–Crippen MR) is 113 cm³/mol. The predicted octanol–water partition coefficient (Wildman–Crippen LogP) is 4.27. The fourth-order valence-corrected chi connectivity index (χ4v) is 3.09. The second kappa shape index (κ2) is 9.05. The Labute approximate surface area is 174 Å². The first-order valence-corrected chi connectivity index (χ1v) is 9.63. The Morgan fingerprint density at radius 3 is 2.30 bits per heavy atom. The molecule has 150 valence electrons. The summed E-state index contributed by atoms with van der Waals surface area (Å²) in [5.74, 6) is -0.0162. The SMILES string of the molecule is O=C(OCC(=O)N1CCC(c2ccccc2)=N1)c1ccccc1Oc1ccccc1. The number of esters is 1. The van der Waals surface area contributed by atoms with E-state index in [1.807, 2.05) is 48.5 Å². The van der Waals surface area contributed by atoms with Crippen molar-refractivity contribution in [3.63, 3.8) is 0 Å². The molecule has 0 atom stereocenters. The van der Waals surface area contributed by atoms with Gasteiger partial charge in [-0.2, -0.15) is 5.10 Å². The molecule has 1 amide bonds. The topological polar surface area (TPSA) is 68.2 Å². The van der Waals surface area contributed by atoms with Gasteiger partial charge < -0.3 is 9.47 Å². The summed E-state index contributed by atoms with van der Waals surface area (Å²) in [7, 11) is 0. The van der Waals surface area contributed by atoms with Crippen molar-refractivity contribution < 1.29 is 19.1 Å². The van der Waals surface area contributed by atoms with E-state index in [0.717, 1.165) is 11.3 Å². The highest BCUT2D eigenvalue weighted by Gasteiger charge is 2.23. The summed E-state index contributed by atoms with van der Waals surface area (Å²) in [5.41, 5.74) is 2.08.